The zero-order valence-electron chi connectivity index (χ0n) is 16.3. The highest BCUT2D eigenvalue weighted by Crippen LogP contribution is 2.27. The molecule has 1 amide bonds. The molecular formula is C21H19FN4O2S2. The number of carbonyl (C=O) groups excluding carboxylic acids is 1. The van der Waals surface area contributed by atoms with Gasteiger partial charge in [0.15, 0.2) is 4.34 Å². The van der Waals surface area contributed by atoms with E-state index in [4.69, 9.17) is 0 Å². The van der Waals surface area contributed by atoms with Gasteiger partial charge in [0, 0.05) is 40.8 Å². The van der Waals surface area contributed by atoms with Crippen LogP contribution in [0.4, 0.5) is 4.39 Å². The molecule has 0 fully saturated rings. The van der Waals surface area contributed by atoms with Gasteiger partial charge in [0.1, 0.15) is 5.82 Å². The number of rotatable bonds is 6. The number of pyridine rings is 1. The lowest BCUT2D eigenvalue weighted by atomic mass is 10.1. The first-order valence-electron chi connectivity index (χ1n) is 9.29. The molecule has 3 heterocycles. The lowest BCUT2D eigenvalue weighted by Gasteiger charge is -2.15. The van der Waals surface area contributed by atoms with E-state index >= 15 is 0 Å². The molecule has 0 aliphatic heterocycles. The monoisotopic (exact) mass is 442 g/mol. The van der Waals surface area contributed by atoms with Crippen LogP contribution in [0.25, 0.3) is 16.6 Å². The first kappa shape index (κ1) is 20.4. The molecule has 4 aromatic rings. The summed E-state index contributed by atoms with van der Waals surface area (Å²) in [5.41, 5.74) is 1.99. The van der Waals surface area contributed by atoms with Crippen molar-refractivity contribution in [3.05, 3.63) is 71.4 Å². The number of carbonyl (C=O) groups is 1. The maximum Gasteiger partial charge on any atom is 0.254 e. The smallest absolute Gasteiger partial charge is 0.254 e. The summed E-state index contributed by atoms with van der Waals surface area (Å²) in [4.78, 5) is 22.3. The average Bonchev–Trinajstić information content (AvgIpc) is 3.40. The lowest BCUT2D eigenvalue weighted by molar-refractivity contribution is 0.0937. The standard InChI is InChI=1S/C21H19FN4O2S2/c1-3-17(19-12-24-21(29-19)30(2)28)25-20(27)16-10-23-11-18-15(16)8-9-26(18)14-6-4-13(22)5-7-14/h4-12,17H,3H2,1-2H3,(H,25,27). The predicted molar refractivity (Wildman–Crippen MR) is 116 cm³/mol. The van der Waals surface area contributed by atoms with E-state index in [1.54, 1.807) is 37.0 Å². The van der Waals surface area contributed by atoms with E-state index in [9.17, 15) is 13.4 Å². The van der Waals surface area contributed by atoms with E-state index < -0.39 is 10.8 Å². The zero-order chi connectivity index (χ0) is 21.3. The van der Waals surface area contributed by atoms with Gasteiger partial charge in [-0.05, 0) is 36.8 Å². The van der Waals surface area contributed by atoms with Crippen molar-refractivity contribution >= 4 is 38.9 Å². The van der Waals surface area contributed by atoms with Crippen molar-refractivity contribution in [2.75, 3.05) is 6.26 Å². The Balaban J connectivity index is 1.64. The van der Waals surface area contributed by atoms with Crippen molar-refractivity contribution in [3.8, 4) is 5.69 Å². The van der Waals surface area contributed by atoms with Crippen LogP contribution in [-0.2, 0) is 10.8 Å². The Morgan fingerprint density at radius 2 is 2.00 bits per heavy atom. The number of amides is 1. The Labute approximate surface area is 179 Å². The number of hydrogen-bond acceptors (Lipinski definition) is 5. The molecule has 0 bridgehead atoms. The molecule has 0 radical (unpaired) electrons. The SMILES string of the molecule is CCC(NC(=O)c1cncc2c1ccn2-c1ccc(F)cc1)c1cnc(S(C)=O)s1. The third kappa shape index (κ3) is 3.90. The van der Waals surface area contributed by atoms with Crippen molar-refractivity contribution in [1.82, 2.24) is 19.9 Å². The van der Waals surface area contributed by atoms with E-state index in [-0.39, 0.29) is 17.8 Å². The molecule has 0 saturated heterocycles. The molecule has 0 spiro atoms. The van der Waals surface area contributed by atoms with Gasteiger partial charge in [-0.2, -0.15) is 0 Å². The van der Waals surface area contributed by atoms with E-state index in [2.05, 4.69) is 15.3 Å². The summed E-state index contributed by atoms with van der Waals surface area (Å²) in [6, 6.07) is 7.75. The molecule has 2 unspecified atom stereocenters. The highest BCUT2D eigenvalue weighted by Gasteiger charge is 2.20. The molecule has 30 heavy (non-hydrogen) atoms. The number of thiazole rings is 1. The van der Waals surface area contributed by atoms with Crippen LogP contribution in [0.2, 0.25) is 0 Å². The topological polar surface area (TPSA) is 76.9 Å². The number of fused-ring (bicyclic) bond motifs is 1. The molecule has 0 saturated carbocycles. The van der Waals surface area contributed by atoms with Crippen LogP contribution in [0, 0.1) is 5.82 Å². The lowest BCUT2D eigenvalue weighted by Crippen LogP contribution is -2.27. The predicted octanol–water partition coefficient (Wildman–Crippen LogP) is 4.24. The highest BCUT2D eigenvalue weighted by atomic mass is 32.2. The number of aromatic nitrogens is 3. The second-order valence-electron chi connectivity index (χ2n) is 6.70. The van der Waals surface area contributed by atoms with Gasteiger partial charge in [-0.15, -0.1) is 11.3 Å². The van der Waals surface area contributed by atoms with Crippen LogP contribution in [0.3, 0.4) is 0 Å². The van der Waals surface area contributed by atoms with Crippen molar-refractivity contribution in [2.45, 2.75) is 23.7 Å². The Kier molecular flexibility index (Phi) is 5.74. The third-order valence-corrected chi connectivity index (χ3v) is 7.23. The molecule has 4 rings (SSSR count). The van der Waals surface area contributed by atoms with Crippen LogP contribution in [0.1, 0.15) is 34.6 Å². The van der Waals surface area contributed by atoms with Crippen molar-refractivity contribution in [2.24, 2.45) is 0 Å². The first-order valence-corrected chi connectivity index (χ1v) is 11.7. The van der Waals surface area contributed by atoms with Gasteiger partial charge in [-0.25, -0.2) is 9.37 Å². The van der Waals surface area contributed by atoms with Gasteiger partial charge in [0.2, 0.25) is 0 Å². The van der Waals surface area contributed by atoms with Gasteiger partial charge in [-0.1, -0.05) is 6.92 Å². The number of nitrogens with zero attached hydrogens (tertiary/aromatic N) is 3. The highest BCUT2D eigenvalue weighted by molar-refractivity contribution is 7.86. The Hall–Kier alpha value is -2.91. The summed E-state index contributed by atoms with van der Waals surface area (Å²) in [5, 5.41) is 3.79. The Morgan fingerprint density at radius 3 is 2.67 bits per heavy atom. The van der Waals surface area contributed by atoms with Crippen LogP contribution >= 0.6 is 11.3 Å². The van der Waals surface area contributed by atoms with Gasteiger partial charge in [-0.3, -0.25) is 14.0 Å². The van der Waals surface area contributed by atoms with Crippen LogP contribution in [-0.4, -0.2) is 30.9 Å². The van der Waals surface area contributed by atoms with E-state index in [1.165, 1.54) is 23.5 Å². The van der Waals surface area contributed by atoms with Gasteiger partial charge < -0.3 is 9.88 Å². The number of hydrogen-bond donors (Lipinski definition) is 1. The van der Waals surface area contributed by atoms with Crippen LogP contribution in [0.5, 0.6) is 0 Å². The first-order chi connectivity index (χ1) is 14.5. The molecule has 154 valence electrons. The van der Waals surface area contributed by atoms with Crippen LogP contribution < -0.4 is 5.32 Å². The minimum Gasteiger partial charge on any atom is -0.344 e. The van der Waals surface area contributed by atoms with E-state index in [0.29, 0.717) is 16.3 Å². The molecule has 0 aliphatic rings. The molecule has 9 heteroatoms. The summed E-state index contributed by atoms with van der Waals surface area (Å²) >= 11 is 1.34. The fourth-order valence-corrected chi connectivity index (χ4v) is 4.98. The molecule has 6 nitrogen and oxygen atoms in total. The number of benzene rings is 1. The summed E-state index contributed by atoms with van der Waals surface area (Å²) in [5.74, 6) is -0.554. The fourth-order valence-electron chi connectivity index (χ4n) is 3.24. The zero-order valence-corrected chi connectivity index (χ0v) is 18.0. The number of halogens is 1. The van der Waals surface area contributed by atoms with Crippen molar-refractivity contribution in [1.29, 1.82) is 0 Å². The van der Waals surface area contributed by atoms with Crippen molar-refractivity contribution in [3.63, 3.8) is 0 Å². The van der Waals surface area contributed by atoms with E-state index in [0.717, 1.165) is 21.5 Å². The third-order valence-electron chi connectivity index (χ3n) is 4.77. The normalized spacial score (nSPS) is 13.3. The average molecular weight is 443 g/mol. The molecule has 2 atom stereocenters. The maximum absolute atomic E-state index is 13.3. The molecule has 1 aromatic carbocycles. The van der Waals surface area contributed by atoms with Gasteiger partial charge >= 0.3 is 0 Å². The molecule has 0 aliphatic carbocycles. The molecule has 3 aromatic heterocycles. The number of nitrogens with one attached hydrogen (secondary N) is 1. The van der Waals surface area contributed by atoms with Gasteiger partial charge in [0.05, 0.1) is 34.1 Å². The summed E-state index contributed by atoms with van der Waals surface area (Å²) in [7, 11) is -1.15. The van der Waals surface area contributed by atoms with Crippen LogP contribution in [0.15, 0.2) is 59.5 Å². The van der Waals surface area contributed by atoms with Gasteiger partial charge in [0.25, 0.3) is 5.91 Å². The quantitative estimate of drug-likeness (QED) is 0.485. The maximum atomic E-state index is 13.3. The molecular weight excluding hydrogens is 423 g/mol. The largest absolute Gasteiger partial charge is 0.344 e. The fraction of sp³-hybridized carbons (Fsp3) is 0.190. The summed E-state index contributed by atoms with van der Waals surface area (Å²) in [6.07, 6.45) is 8.97. The summed E-state index contributed by atoms with van der Waals surface area (Å²) < 4.78 is 27.3. The second kappa shape index (κ2) is 8.45. The minimum absolute atomic E-state index is 0.234. The van der Waals surface area contributed by atoms with Crippen molar-refractivity contribution < 1.29 is 13.4 Å². The Morgan fingerprint density at radius 1 is 1.23 bits per heavy atom. The van der Waals surface area contributed by atoms with E-state index in [1.807, 2.05) is 23.8 Å². The molecule has 1 N–H and O–H groups in total. The summed E-state index contributed by atoms with van der Waals surface area (Å²) in [6.45, 7) is 1.97. The second-order valence-corrected chi connectivity index (χ2v) is 9.31. The minimum atomic E-state index is -1.15. The Bertz CT molecular complexity index is 1230.